The number of para-hydroxylation sites is 1. The van der Waals surface area contributed by atoms with Gasteiger partial charge in [0.05, 0.1) is 12.8 Å². The van der Waals surface area contributed by atoms with Gasteiger partial charge in [-0.15, -0.1) is 0 Å². The van der Waals surface area contributed by atoms with E-state index >= 15 is 0 Å². The van der Waals surface area contributed by atoms with Crippen molar-refractivity contribution in [1.29, 1.82) is 0 Å². The third kappa shape index (κ3) is 3.37. The summed E-state index contributed by atoms with van der Waals surface area (Å²) in [6, 6.07) is 16.7. The second-order valence-corrected chi connectivity index (χ2v) is 6.16. The number of hydrogen-bond acceptors (Lipinski definition) is 4. The van der Waals surface area contributed by atoms with Gasteiger partial charge in [0.2, 0.25) is 0 Å². The predicted molar refractivity (Wildman–Crippen MR) is 96.4 cm³/mol. The second kappa shape index (κ2) is 6.99. The minimum Gasteiger partial charge on any atom is -0.493 e. The molecule has 1 aliphatic rings. The lowest BCUT2D eigenvalue weighted by Crippen LogP contribution is -2.38. The fourth-order valence-corrected chi connectivity index (χ4v) is 3.14. The van der Waals surface area contributed by atoms with Crippen molar-refractivity contribution < 1.29 is 9.47 Å². The van der Waals surface area contributed by atoms with E-state index in [0.717, 1.165) is 30.2 Å². The van der Waals surface area contributed by atoms with E-state index in [4.69, 9.17) is 9.47 Å². The molecule has 2 heterocycles. The maximum Gasteiger partial charge on any atom is 0.164 e. The Bertz CT molecular complexity index is 829. The highest BCUT2D eigenvalue weighted by Gasteiger charge is 2.22. The second-order valence-electron chi connectivity index (χ2n) is 6.16. The van der Waals surface area contributed by atoms with Crippen LogP contribution in [0.25, 0.3) is 5.69 Å². The highest BCUT2D eigenvalue weighted by Crippen LogP contribution is 2.34. The lowest BCUT2D eigenvalue weighted by atomic mass is 10.0. The molecule has 1 aliphatic heterocycles. The van der Waals surface area contributed by atoms with Crippen molar-refractivity contribution in [3.05, 3.63) is 72.1 Å². The van der Waals surface area contributed by atoms with Crippen molar-refractivity contribution in [2.75, 3.05) is 13.7 Å². The summed E-state index contributed by atoms with van der Waals surface area (Å²) in [4.78, 5) is 0. The Hall–Kier alpha value is -2.79. The molecule has 1 N–H and O–H groups in total. The molecule has 0 saturated heterocycles. The molecule has 5 heteroatoms. The zero-order valence-electron chi connectivity index (χ0n) is 14.2. The van der Waals surface area contributed by atoms with Crippen LogP contribution in [0.1, 0.15) is 11.1 Å². The van der Waals surface area contributed by atoms with Gasteiger partial charge in [-0.3, -0.25) is 0 Å². The van der Waals surface area contributed by atoms with Crippen LogP contribution in [0.3, 0.4) is 0 Å². The van der Waals surface area contributed by atoms with Gasteiger partial charge in [0.25, 0.3) is 0 Å². The van der Waals surface area contributed by atoms with E-state index in [9.17, 15) is 0 Å². The fourth-order valence-electron chi connectivity index (χ4n) is 3.14. The highest BCUT2D eigenvalue weighted by molar-refractivity contribution is 5.48. The van der Waals surface area contributed by atoms with Crippen molar-refractivity contribution in [1.82, 2.24) is 15.1 Å². The van der Waals surface area contributed by atoms with Crippen molar-refractivity contribution in [3.63, 3.8) is 0 Å². The molecule has 0 amide bonds. The first-order valence-electron chi connectivity index (χ1n) is 8.44. The number of fused-ring (bicyclic) bond motifs is 1. The molecule has 0 spiro atoms. The average molecular weight is 335 g/mol. The first-order valence-corrected chi connectivity index (χ1v) is 8.44. The van der Waals surface area contributed by atoms with Gasteiger partial charge in [-0.05, 0) is 41.8 Å². The monoisotopic (exact) mass is 335 g/mol. The number of methoxy groups -OCH3 is 1. The Balaban J connectivity index is 1.37. The predicted octanol–water partition coefficient (Wildman–Crippen LogP) is 2.97. The highest BCUT2D eigenvalue weighted by atomic mass is 16.5. The summed E-state index contributed by atoms with van der Waals surface area (Å²) >= 11 is 0. The van der Waals surface area contributed by atoms with E-state index in [1.54, 1.807) is 13.3 Å². The molecule has 1 atom stereocenters. The zero-order valence-corrected chi connectivity index (χ0v) is 14.2. The molecule has 0 saturated carbocycles. The molecule has 1 aromatic heterocycles. The molecular formula is C20H21N3O2. The van der Waals surface area contributed by atoms with E-state index in [1.165, 1.54) is 11.1 Å². The molecule has 128 valence electrons. The third-order valence-electron chi connectivity index (χ3n) is 4.48. The van der Waals surface area contributed by atoms with Crippen LogP contribution in [-0.4, -0.2) is 29.5 Å². The van der Waals surface area contributed by atoms with Crippen LogP contribution in [0.4, 0.5) is 0 Å². The lowest BCUT2D eigenvalue weighted by molar-refractivity contribution is 0.226. The lowest BCUT2D eigenvalue weighted by Gasteiger charge is -2.27. The molecule has 25 heavy (non-hydrogen) atoms. The van der Waals surface area contributed by atoms with Gasteiger partial charge >= 0.3 is 0 Å². The molecule has 0 aliphatic carbocycles. The number of nitrogens with one attached hydrogen (secondary N) is 1. The molecule has 0 bridgehead atoms. The summed E-state index contributed by atoms with van der Waals surface area (Å²) in [7, 11) is 1.68. The smallest absolute Gasteiger partial charge is 0.164 e. The van der Waals surface area contributed by atoms with Crippen LogP contribution in [0.15, 0.2) is 60.9 Å². The van der Waals surface area contributed by atoms with Crippen LogP contribution in [0.2, 0.25) is 0 Å². The molecule has 4 rings (SSSR count). The van der Waals surface area contributed by atoms with Crippen LogP contribution < -0.4 is 14.8 Å². The normalized spacial score (nSPS) is 16.1. The summed E-state index contributed by atoms with van der Waals surface area (Å²) in [6.07, 6.45) is 4.67. The summed E-state index contributed by atoms with van der Waals surface area (Å²) in [5.74, 6) is 1.69. The topological polar surface area (TPSA) is 48.3 Å². The summed E-state index contributed by atoms with van der Waals surface area (Å²) in [5.41, 5.74) is 3.50. The largest absolute Gasteiger partial charge is 0.493 e. The van der Waals surface area contributed by atoms with Crippen LogP contribution in [-0.2, 0) is 13.0 Å². The van der Waals surface area contributed by atoms with Crippen molar-refractivity contribution >= 4 is 0 Å². The Labute approximate surface area is 147 Å². The van der Waals surface area contributed by atoms with Crippen molar-refractivity contribution in [2.24, 2.45) is 0 Å². The van der Waals surface area contributed by atoms with Crippen LogP contribution in [0.5, 0.6) is 11.5 Å². The summed E-state index contributed by atoms with van der Waals surface area (Å²) in [6.45, 7) is 1.46. The van der Waals surface area contributed by atoms with Gasteiger partial charge in [-0.2, -0.15) is 5.10 Å². The minimum atomic E-state index is 0.297. The Kier molecular flexibility index (Phi) is 4.39. The number of benzene rings is 2. The first kappa shape index (κ1) is 15.7. The van der Waals surface area contributed by atoms with Gasteiger partial charge in [-0.25, -0.2) is 4.68 Å². The molecule has 2 aromatic carbocycles. The standard InChI is InChI=1S/C20H21N3O2/c1-24-19-5-2-4-16-12-17(14-25-20(16)19)21-13-15-6-8-18(9-7-15)23-11-3-10-22-23/h2-11,17,21H,12-14H2,1H3. The fraction of sp³-hybridized carbons (Fsp3) is 0.250. The molecule has 0 fully saturated rings. The van der Waals surface area contributed by atoms with Gasteiger partial charge in [0.15, 0.2) is 11.5 Å². The van der Waals surface area contributed by atoms with Gasteiger partial charge in [-0.1, -0.05) is 24.3 Å². The maximum atomic E-state index is 5.92. The molecular weight excluding hydrogens is 314 g/mol. The molecule has 0 radical (unpaired) electrons. The Morgan fingerprint density at radius 1 is 1.20 bits per heavy atom. The van der Waals surface area contributed by atoms with E-state index in [-0.39, 0.29) is 0 Å². The first-order chi connectivity index (χ1) is 12.3. The van der Waals surface area contributed by atoms with Crippen molar-refractivity contribution in [3.8, 4) is 17.2 Å². The van der Waals surface area contributed by atoms with Gasteiger partial charge in [0.1, 0.15) is 6.61 Å². The van der Waals surface area contributed by atoms with Crippen molar-refractivity contribution in [2.45, 2.75) is 19.0 Å². The Morgan fingerprint density at radius 3 is 2.84 bits per heavy atom. The van der Waals surface area contributed by atoms with E-state index in [0.29, 0.717) is 12.6 Å². The van der Waals surface area contributed by atoms with Gasteiger partial charge in [0, 0.05) is 25.0 Å². The number of nitrogens with zero attached hydrogens (tertiary/aromatic N) is 2. The quantitative estimate of drug-likeness (QED) is 0.779. The SMILES string of the molecule is COc1cccc2c1OCC(NCc1ccc(-n3cccn3)cc1)C2. The number of hydrogen-bond donors (Lipinski definition) is 1. The minimum absolute atomic E-state index is 0.297. The van der Waals surface area contributed by atoms with Gasteiger partial charge < -0.3 is 14.8 Å². The van der Waals surface area contributed by atoms with E-state index in [2.05, 4.69) is 40.7 Å². The summed E-state index contributed by atoms with van der Waals surface area (Å²) < 4.78 is 13.1. The average Bonchev–Trinajstić information content (AvgIpc) is 3.21. The van der Waals surface area contributed by atoms with Crippen LogP contribution >= 0.6 is 0 Å². The third-order valence-corrected chi connectivity index (χ3v) is 4.48. The number of aromatic nitrogens is 2. The van der Waals surface area contributed by atoms with Crippen LogP contribution in [0, 0.1) is 0 Å². The summed E-state index contributed by atoms with van der Waals surface area (Å²) in [5, 5.41) is 7.83. The molecule has 5 nitrogen and oxygen atoms in total. The van der Waals surface area contributed by atoms with E-state index < -0.39 is 0 Å². The maximum absolute atomic E-state index is 5.92. The molecule has 3 aromatic rings. The zero-order chi connectivity index (χ0) is 17.1. The molecule has 1 unspecified atom stereocenters. The number of rotatable bonds is 5. The Morgan fingerprint density at radius 2 is 2.08 bits per heavy atom. The van der Waals surface area contributed by atoms with E-state index in [1.807, 2.05) is 29.1 Å². The number of ether oxygens (including phenoxy) is 2.